The van der Waals surface area contributed by atoms with Gasteiger partial charge in [0.2, 0.25) is 0 Å². The van der Waals surface area contributed by atoms with Crippen molar-refractivity contribution in [1.29, 1.82) is 0 Å². The summed E-state index contributed by atoms with van der Waals surface area (Å²) in [5, 5.41) is 15.4. The number of rotatable bonds is 7. The molecule has 1 aromatic rings. The lowest BCUT2D eigenvalue weighted by Crippen LogP contribution is -2.45. The number of hydrogen-bond acceptors (Lipinski definition) is 2. The lowest BCUT2D eigenvalue weighted by Gasteiger charge is -2.24. The molecule has 0 aromatic heterocycles. The van der Waals surface area contributed by atoms with Crippen molar-refractivity contribution >= 4 is 6.03 Å². The number of hydrogen-bond donors (Lipinski definition) is 3. The third-order valence-electron chi connectivity index (χ3n) is 4.85. The van der Waals surface area contributed by atoms with Crippen LogP contribution in [0.1, 0.15) is 49.3 Å². The Hall–Kier alpha value is -1.55. The Labute approximate surface area is 132 Å². The Morgan fingerprint density at radius 2 is 1.86 bits per heavy atom. The van der Waals surface area contributed by atoms with Gasteiger partial charge in [-0.05, 0) is 62.0 Å². The van der Waals surface area contributed by atoms with Crippen molar-refractivity contribution in [3.05, 3.63) is 35.4 Å². The number of amides is 2. The fourth-order valence-electron chi connectivity index (χ4n) is 3.23. The number of aliphatic hydroxyl groups excluding tert-OH is 1. The molecule has 4 nitrogen and oxygen atoms in total. The number of aliphatic hydroxyl groups is 1. The highest BCUT2D eigenvalue weighted by Gasteiger charge is 2.36. The second-order valence-electron chi connectivity index (χ2n) is 6.75. The van der Waals surface area contributed by atoms with E-state index in [9.17, 15) is 4.79 Å². The molecule has 1 aromatic carbocycles. The van der Waals surface area contributed by atoms with E-state index in [1.807, 2.05) is 12.1 Å². The minimum Gasteiger partial charge on any atom is -0.396 e. The zero-order valence-electron chi connectivity index (χ0n) is 13.2. The van der Waals surface area contributed by atoms with Gasteiger partial charge in [-0.15, -0.1) is 0 Å². The van der Waals surface area contributed by atoms with Gasteiger partial charge in [0.05, 0.1) is 6.04 Å². The quantitative estimate of drug-likeness (QED) is 0.725. The summed E-state index contributed by atoms with van der Waals surface area (Å²) in [4.78, 5) is 12.4. The summed E-state index contributed by atoms with van der Waals surface area (Å²) in [5.41, 5.74) is 2.46. The van der Waals surface area contributed by atoms with E-state index in [1.165, 1.54) is 24.0 Å². The van der Waals surface area contributed by atoms with Crippen LogP contribution in [0.4, 0.5) is 4.79 Å². The summed E-state index contributed by atoms with van der Waals surface area (Å²) in [6.45, 7) is 2.23. The van der Waals surface area contributed by atoms with Crippen molar-refractivity contribution in [3.8, 4) is 0 Å². The monoisotopic (exact) mass is 302 g/mol. The summed E-state index contributed by atoms with van der Waals surface area (Å²) in [7, 11) is 0. The van der Waals surface area contributed by atoms with Gasteiger partial charge in [-0.2, -0.15) is 0 Å². The first-order chi connectivity index (χ1) is 10.7. The average molecular weight is 302 g/mol. The van der Waals surface area contributed by atoms with E-state index >= 15 is 0 Å². The van der Waals surface area contributed by atoms with Crippen LogP contribution in [0.25, 0.3) is 0 Å². The van der Waals surface area contributed by atoms with Crippen LogP contribution in [0.5, 0.6) is 0 Å². The standard InChI is InChI=1S/C18H26N2O2/c1-12-4-2-3-5-15(12)17(14-8-9-14)20-18(22)19-16(10-11-21)13-6-7-13/h2-5,13-14,16-17,21H,6-11H2,1H3,(H2,19,20,22)/t16-,17-/m1/s1. The van der Waals surface area contributed by atoms with Crippen LogP contribution < -0.4 is 10.6 Å². The maximum absolute atomic E-state index is 12.4. The molecule has 2 amide bonds. The predicted octanol–water partition coefficient (Wildman–Crippen LogP) is 2.91. The van der Waals surface area contributed by atoms with E-state index in [1.54, 1.807) is 0 Å². The molecule has 120 valence electrons. The number of carbonyl (C=O) groups is 1. The topological polar surface area (TPSA) is 61.4 Å². The number of urea groups is 1. The molecule has 0 unspecified atom stereocenters. The first-order valence-electron chi connectivity index (χ1n) is 8.42. The van der Waals surface area contributed by atoms with Crippen molar-refractivity contribution in [2.75, 3.05) is 6.61 Å². The van der Waals surface area contributed by atoms with Crippen molar-refractivity contribution in [2.45, 2.75) is 51.1 Å². The third-order valence-corrected chi connectivity index (χ3v) is 4.85. The van der Waals surface area contributed by atoms with E-state index in [-0.39, 0.29) is 24.7 Å². The van der Waals surface area contributed by atoms with Gasteiger partial charge in [0.1, 0.15) is 0 Å². The number of nitrogens with one attached hydrogen (secondary N) is 2. The van der Waals surface area contributed by atoms with Gasteiger partial charge in [-0.3, -0.25) is 0 Å². The van der Waals surface area contributed by atoms with Crippen LogP contribution in [0.2, 0.25) is 0 Å². The molecule has 2 aliphatic rings. The van der Waals surface area contributed by atoms with Crippen LogP contribution >= 0.6 is 0 Å². The molecule has 0 spiro atoms. The SMILES string of the molecule is Cc1ccccc1[C@H](NC(=O)N[C@H](CCO)C1CC1)C1CC1. The third kappa shape index (κ3) is 3.80. The first kappa shape index (κ1) is 15.3. The summed E-state index contributed by atoms with van der Waals surface area (Å²) >= 11 is 0. The van der Waals surface area contributed by atoms with E-state index < -0.39 is 0 Å². The van der Waals surface area contributed by atoms with Gasteiger partial charge < -0.3 is 15.7 Å². The Morgan fingerprint density at radius 1 is 1.18 bits per heavy atom. The minimum absolute atomic E-state index is 0.0921. The normalized spacial score (nSPS) is 20.3. The van der Waals surface area contributed by atoms with Crippen LogP contribution in [0.15, 0.2) is 24.3 Å². The Morgan fingerprint density at radius 3 is 2.45 bits per heavy atom. The molecular formula is C18H26N2O2. The van der Waals surface area contributed by atoms with Crippen LogP contribution in [0.3, 0.4) is 0 Å². The second kappa shape index (κ2) is 6.69. The van der Waals surface area contributed by atoms with Crippen molar-refractivity contribution in [3.63, 3.8) is 0 Å². The fourth-order valence-corrected chi connectivity index (χ4v) is 3.23. The Bertz CT molecular complexity index is 524. The Kier molecular flexibility index (Phi) is 4.67. The lowest BCUT2D eigenvalue weighted by molar-refractivity contribution is 0.220. The molecule has 0 saturated heterocycles. The molecule has 2 aliphatic carbocycles. The molecule has 3 rings (SSSR count). The van der Waals surface area contributed by atoms with Crippen LogP contribution in [-0.4, -0.2) is 23.8 Å². The number of benzene rings is 1. The van der Waals surface area contributed by atoms with Gasteiger partial charge in [-0.25, -0.2) is 4.79 Å². The predicted molar refractivity (Wildman–Crippen MR) is 86.5 cm³/mol. The second-order valence-corrected chi connectivity index (χ2v) is 6.75. The molecule has 3 N–H and O–H groups in total. The molecule has 2 saturated carbocycles. The van der Waals surface area contributed by atoms with Gasteiger partial charge in [0.25, 0.3) is 0 Å². The average Bonchev–Trinajstić information content (AvgIpc) is 3.39. The maximum Gasteiger partial charge on any atom is 0.315 e. The Balaban J connectivity index is 1.63. The van der Waals surface area contributed by atoms with Crippen LogP contribution in [0, 0.1) is 18.8 Å². The van der Waals surface area contributed by atoms with Gasteiger partial charge in [-0.1, -0.05) is 24.3 Å². The highest BCUT2D eigenvalue weighted by Crippen LogP contribution is 2.42. The van der Waals surface area contributed by atoms with E-state index in [0.717, 1.165) is 12.8 Å². The molecule has 0 radical (unpaired) electrons. The molecule has 0 aliphatic heterocycles. The zero-order chi connectivity index (χ0) is 15.5. The van der Waals surface area contributed by atoms with Crippen LogP contribution in [-0.2, 0) is 0 Å². The van der Waals surface area contributed by atoms with E-state index in [2.05, 4.69) is 29.7 Å². The zero-order valence-corrected chi connectivity index (χ0v) is 13.2. The van der Waals surface area contributed by atoms with E-state index in [4.69, 9.17) is 5.11 Å². The smallest absolute Gasteiger partial charge is 0.315 e. The van der Waals surface area contributed by atoms with Gasteiger partial charge in [0, 0.05) is 12.6 Å². The molecule has 0 bridgehead atoms. The number of carbonyl (C=O) groups excluding carboxylic acids is 1. The summed E-state index contributed by atoms with van der Waals surface area (Å²) in [6, 6.07) is 8.42. The summed E-state index contributed by atoms with van der Waals surface area (Å²) in [5.74, 6) is 1.11. The molecule has 2 atom stereocenters. The van der Waals surface area contributed by atoms with Crippen molar-refractivity contribution in [1.82, 2.24) is 10.6 Å². The largest absolute Gasteiger partial charge is 0.396 e. The lowest BCUT2D eigenvalue weighted by atomic mass is 9.98. The van der Waals surface area contributed by atoms with Crippen molar-refractivity contribution in [2.24, 2.45) is 11.8 Å². The molecule has 2 fully saturated rings. The molecule has 0 heterocycles. The maximum atomic E-state index is 12.4. The number of aryl methyl sites for hydroxylation is 1. The first-order valence-corrected chi connectivity index (χ1v) is 8.42. The summed E-state index contributed by atoms with van der Waals surface area (Å²) in [6.07, 6.45) is 5.34. The van der Waals surface area contributed by atoms with Gasteiger partial charge >= 0.3 is 6.03 Å². The van der Waals surface area contributed by atoms with E-state index in [0.29, 0.717) is 18.3 Å². The molecule has 4 heteroatoms. The minimum atomic E-state index is -0.0921. The highest BCUT2D eigenvalue weighted by atomic mass is 16.3. The van der Waals surface area contributed by atoms with Gasteiger partial charge in [0.15, 0.2) is 0 Å². The fraction of sp³-hybridized carbons (Fsp3) is 0.611. The highest BCUT2D eigenvalue weighted by molar-refractivity contribution is 5.75. The summed E-state index contributed by atoms with van der Waals surface area (Å²) < 4.78 is 0. The molecule has 22 heavy (non-hydrogen) atoms. The van der Waals surface area contributed by atoms with Crippen molar-refractivity contribution < 1.29 is 9.90 Å². The molecular weight excluding hydrogens is 276 g/mol.